The molecule has 1 aromatic rings. The zero-order valence-corrected chi connectivity index (χ0v) is 15.0. The lowest BCUT2D eigenvalue weighted by Gasteiger charge is -2.24. The maximum atomic E-state index is 3.72. The first-order valence-electron chi connectivity index (χ1n) is 8.16. The number of hydrogen-bond acceptors (Lipinski definition) is 2. The van der Waals surface area contributed by atoms with Gasteiger partial charge in [-0.1, -0.05) is 58.9 Å². The number of likely N-dealkylation sites (N-methyl/N-ethyl adjacent to an activating group) is 1. The molecular weight excluding hydrogens is 256 g/mol. The van der Waals surface area contributed by atoms with E-state index in [1.165, 1.54) is 17.5 Å². The van der Waals surface area contributed by atoms with Crippen LogP contribution in [0.1, 0.15) is 52.2 Å². The summed E-state index contributed by atoms with van der Waals surface area (Å²) in [6.45, 7) is 13.4. The molecule has 21 heavy (non-hydrogen) atoms. The van der Waals surface area contributed by atoms with Crippen LogP contribution in [0.5, 0.6) is 0 Å². The fourth-order valence-corrected chi connectivity index (χ4v) is 2.62. The monoisotopic (exact) mass is 290 g/mol. The summed E-state index contributed by atoms with van der Waals surface area (Å²) in [6, 6.07) is 9.61. The number of hydrogen-bond donors (Lipinski definition) is 1. The van der Waals surface area contributed by atoms with Gasteiger partial charge in [-0.15, -0.1) is 0 Å². The number of nitrogens with zero attached hydrogens (tertiary/aromatic N) is 1. The molecule has 0 bridgehead atoms. The highest BCUT2D eigenvalue weighted by Gasteiger charge is 2.14. The number of nitrogens with one attached hydrogen (secondary N) is 1. The predicted molar refractivity (Wildman–Crippen MR) is 93.8 cm³/mol. The topological polar surface area (TPSA) is 15.3 Å². The van der Waals surface area contributed by atoms with E-state index in [0.29, 0.717) is 6.04 Å². The minimum absolute atomic E-state index is 0.233. The second kappa shape index (κ2) is 7.95. The van der Waals surface area contributed by atoms with Crippen molar-refractivity contribution in [3.05, 3.63) is 35.4 Å². The Morgan fingerprint density at radius 3 is 2.05 bits per heavy atom. The van der Waals surface area contributed by atoms with Crippen LogP contribution in [0, 0.1) is 5.92 Å². The lowest BCUT2D eigenvalue weighted by Crippen LogP contribution is -2.38. The van der Waals surface area contributed by atoms with E-state index in [1.807, 2.05) is 0 Å². The fourth-order valence-electron chi connectivity index (χ4n) is 2.62. The molecule has 0 fully saturated rings. The summed E-state index contributed by atoms with van der Waals surface area (Å²) in [6.07, 6.45) is 1.22. The maximum absolute atomic E-state index is 3.72. The minimum atomic E-state index is 0.233. The van der Waals surface area contributed by atoms with E-state index in [9.17, 15) is 0 Å². The second-order valence-corrected chi connectivity index (χ2v) is 7.92. The zero-order chi connectivity index (χ0) is 16.0. The van der Waals surface area contributed by atoms with Crippen LogP contribution in [-0.2, 0) is 12.0 Å². The average Bonchev–Trinajstić information content (AvgIpc) is 2.34. The molecule has 0 aliphatic heterocycles. The number of benzene rings is 1. The van der Waals surface area contributed by atoms with Gasteiger partial charge in [-0.3, -0.25) is 0 Å². The Morgan fingerprint density at radius 1 is 1.05 bits per heavy atom. The Hall–Kier alpha value is -0.860. The van der Waals surface area contributed by atoms with E-state index in [1.54, 1.807) is 0 Å². The van der Waals surface area contributed by atoms with Crippen molar-refractivity contribution in [2.24, 2.45) is 5.92 Å². The van der Waals surface area contributed by atoms with E-state index in [4.69, 9.17) is 0 Å². The van der Waals surface area contributed by atoms with Gasteiger partial charge in [0.15, 0.2) is 0 Å². The van der Waals surface area contributed by atoms with Crippen LogP contribution in [0.15, 0.2) is 24.3 Å². The zero-order valence-electron chi connectivity index (χ0n) is 15.0. The van der Waals surface area contributed by atoms with Gasteiger partial charge in [0.25, 0.3) is 0 Å². The predicted octanol–water partition coefficient (Wildman–Crippen LogP) is 4.05. The standard InChI is InChI=1S/C19H34N2/c1-15(2)12-18(14-21(6)7)20-13-16-8-10-17(11-9-16)19(3,4)5/h8-11,15,18,20H,12-14H2,1-7H3. The van der Waals surface area contributed by atoms with E-state index in [-0.39, 0.29) is 5.41 Å². The van der Waals surface area contributed by atoms with E-state index in [0.717, 1.165) is 19.0 Å². The summed E-state index contributed by atoms with van der Waals surface area (Å²) in [5.41, 5.74) is 3.01. The minimum Gasteiger partial charge on any atom is -0.309 e. The van der Waals surface area contributed by atoms with Gasteiger partial charge in [0.05, 0.1) is 0 Å². The summed E-state index contributed by atoms with van der Waals surface area (Å²) in [5, 5.41) is 3.72. The van der Waals surface area contributed by atoms with Gasteiger partial charge in [-0.2, -0.15) is 0 Å². The Balaban J connectivity index is 2.59. The summed E-state index contributed by atoms with van der Waals surface area (Å²) < 4.78 is 0. The molecule has 120 valence electrons. The molecule has 0 saturated heterocycles. The van der Waals surface area contributed by atoms with Crippen LogP contribution < -0.4 is 5.32 Å². The summed E-state index contributed by atoms with van der Waals surface area (Å²) in [5.74, 6) is 0.728. The highest BCUT2D eigenvalue weighted by Crippen LogP contribution is 2.22. The second-order valence-electron chi connectivity index (χ2n) is 7.92. The number of rotatable bonds is 7. The molecule has 0 radical (unpaired) electrons. The highest BCUT2D eigenvalue weighted by molar-refractivity contribution is 5.27. The third kappa shape index (κ3) is 7.10. The first-order valence-corrected chi connectivity index (χ1v) is 8.16. The molecule has 1 atom stereocenters. The van der Waals surface area contributed by atoms with Gasteiger partial charge in [0, 0.05) is 19.1 Å². The smallest absolute Gasteiger partial charge is 0.0208 e. The van der Waals surface area contributed by atoms with Crippen molar-refractivity contribution in [3.63, 3.8) is 0 Å². The van der Waals surface area contributed by atoms with Crippen molar-refractivity contribution in [2.45, 2.75) is 59.0 Å². The van der Waals surface area contributed by atoms with Crippen LogP contribution in [0.4, 0.5) is 0 Å². The van der Waals surface area contributed by atoms with Crippen molar-refractivity contribution < 1.29 is 0 Å². The summed E-state index contributed by atoms with van der Waals surface area (Å²) >= 11 is 0. The SMILES string of the molecule is CC(C)CC(CN(C)C)NCc1ccc(C(C)(C)C)cc1. The molecule has 0 amide bonds. The molecule has 0 aliphatic carbocycles. The molecule has 1 unspecified atom stereocenters. The van der Waals surface area contributed by atoms with Crippen molar-refractivity contribution in [1.29, 1.82) is 0 Å². The fraction of sp³-hybridized carbons (Fsp3) is 0.684. The van der Waals surface area contributed by atoms with Gasteiger partial charge < -0.3 is 10.2 Å². The summed E-state index contributed by atoms with van der Waals surface area (Å²) in [4.78, 5) is 2.27. The average molecular weight is 290 g/mol. The maximum Gasteiger partial charge on any atom is 0.0208 e. The lowest BCUT2D eigenvalue weighted by molar-refractivity contribution is 0.305. The van der Waals surface area contributed by atoms with Crippen LogP contribution in [-0.4, -0.2) is 31.6 Å². The summed E-state index contributed by atoms with van der Waals surface area (Å²) in [7, 11) is 4.29. The molecule has 0 aromatic heterocycles. The molecule has 2 heteroatoms. The van der Waals surface area contributed by atoms with Gasteiger partial charge >= 0.3 is 0 Å². The van der Waals surface area contributed by atoms with E-state index < -0.39 is 0 Å². The van der Waals surface area contributed by atoms with Crippen molar-refractivity contribution >= 4 is 0 Å². The lowest BCUT2D eigenvalue weighted by atomic mass is 9.87. The normalized spacial score (nSPS) is 14.0. The molecule has 0 spiro atoms. The van der Waals surface area contributed by atoms with Crippen molar-refractivity contribution in [2.75, 3.05) is 20.6 Å². The molecule has 0 saturated carbocycles. The van der Waals surface area contributed by atoms with Crippen LogP contribution >= 0.6 is 0 Å². The van der Waals surface area contributed by atoms with Gasteiger partial charge in [0.1, 0.15) is 0 Å². The molecule has 1 rings (SSSR count). The van der Waals surface area contributed by atoms with E-state index in [2.05, 4.69) is 83.2 Å². The molecule has 1 N–H and O–H groups in total. The largest absolute Gasteiger partial charge is 0.309 e. The highest BCUT2D eigenvalue weighted by atomic mass is 15.1. The quantitative estimate of drug-likeness (QED) is 0.815. The first kappa shape index (κ1) is 18.2. The molecule has 1 aromatic carbocycles. The van der Waals surface area contributed by atoms with Gasteiger partial charge in [-0.05, 0) is 43.0 Å². The van der Waals surface area contributed by atoms with Crippen LogP contribution in [0.25, 0.3) is 0 Å². The molecule has 0 aliphatic rings. The van der Waals surface area contributed by atoms with Crippen LogP contribution in [0.3, 0.4) is 0 Å². The third-order valence-corrected chi connectivity index (χ3v) is 3.76. The molecule has 0 heterocycles. The molecular formula is C19H34N2. The van der Waals surface area contributed by atoms with Gasteiger partial charge in [0.2, 0.25) is 0 Å². The Kier molecular flexibility index (Phi) is 6.89. The van der Waals surface area contributed by atoms with Crippen LogP contribution in [0.2, 0.25) is 0 Å². The van der Waals surface area contributed by atoms with Gasteiger partial charge in [-0.25, -0.2) is 0 Å². The van der Waals surface area contributed by atoms with Crippen molar-refractivity contribution in [1.82, 2.24) is 10.2 Å². The Labute approximate surface area is 131 Å². The third-order valence-electron chi connectivity index (χ3n) is 3.76. The Morgan fingerprint density at radius 2 is 1.62 bits per heavy atom. The van der Waals surface area contributed by atoms with E-state index >= 15 is 0 Å². The molecule has 2 nitrogen and oxygen atoms in total. The Bertz CT molecular complexity index is 389. The first-order chi connectivity index (χ1) is 9.68. The van der Waals surface area contributed by atoms with Crippen molar-refractivity contribution in [3.8, 4) is 0 Å².